The number of carboxylic acid groups (broad SMARTS) is 1. The predicted octanol–water partition coefficient (Wildman–Crippen LogP) is 2.16. The summed E-state index contributed by atoms with van der Waals surface area (Å²) in [6, 6.07) is 6.82. The molecule has 1 aromatic rings. The van der Waals surface area contributed by atoms with E-state index in [1.54, 1.807) is 24.3 Å². The van der Waals surface area contributed by atoms with Crippen molar-refractivity contribution in [2.24, 2.45) is 0 Å². The maximum absolute atomic E-state index is 10.6. The summed E-state index contributed by atoms with van der Waals surface area (Å²) in [6.45, 7) is 5.34. The molecule has 4 nitrogen and oxygen atoms in total. The predicted molar refractivity (Wildman–Crippen MR) is 64.0 cm³/mol. The van der Waals surface area contributed by atoms with Gasteiger partial charge in [0, 0.05) is 0 Å². The maximum Gasteiger partial charge on any atom is 0.306 e. The van der Waals surface area contributed by atoms with Crippen molar-refractivity contribution in [1.82, 2.24) is 0 Å². The Hall–Kier alpha value is -1.55. The largest absolute Gasteiger partial charge is 0.491 e. The van der Waals surface area contributed by atoms with Gasteiger partial charge in [-0.25, -0.2) is 0 Å². The van der Waals surface area contributed by atoms with Crippen LogP contribution in [0.3, 0.4) is 0 Å². The van der Waals surface area contributed by atoms with Crippen LogP contribution in [0.15, 0.2) is 24.3 Å². The van der Waals surface area contributed by atoms with E-state index in [1.165, 1.54) is 6.92 Å². The first-order valence-electron chi connectivity index (χ1n) is 5.52. The van der Waals surface area contributed by atoms with E-state index in [0.29, 0.717) is 11.3 Å². The first-order chi connectivity index (χ1) is 7.81. The molecule has 0 saturated carbocycles. The lowest BCUT2D eigenvalue weighted by Crippen LogP contribution is -2.24. The maximum atomic E-state index is 10.6. The molecule has 1 atom stereocenters. The third-order valence-corrected chi connectivity index (χ3v) is 2.34. The molecule has 0 spiro atoms. The second-order valence-electron chi connectivity index (χ2n) is 4.54. The summed E-state index contributed by atoms with van der Waals surface area (Å²) in [4.78, 5) is 10.6. The second-order valence-corrected chi connectivity index (χ2v) is 4.54. The smallest absolute Gasteiger partial charge is 0.306 e. The molecule has 17 heavy (non-hydrogen) atoms. The van der Waals surface area contributed by atoms with E-state index in [1.807, 2.05) is 13.8 Å². The van der Waals surface area contributed by atoms with Crippen molar-refractivity contribution in [3.63, 3.8) is 0 Å². The molecule has 0 amide bonds. The van der Waals surface area contributed by atoms with Crippen LogP contribution in [0.1, 0.15) is 32.8 Å². The summed E-state index contributed by atoms with van der Waals surface area (Å²) in [6.07, 6.45) is -0.238. The zero-order valence-electron chi connectivity index (χ0n) is 10.3. The molecule has 0 fully saturated rings. The van der Waals surface area contributed by atoms with Crippen LogP contribution in [-0.4, -0.2) is 22.3 Å². The van der Waals surface area contributed by atoms with Gasteiger partial charge in [-0.3, -0.25) is 4.79 Å². The minimum absolute atomic E-state index is 0.0837. The van der Waals surface area contributed by atoms with Gasteiger partial charge in [0.2, 0.25) is 0 Å². The molecular formula is C13H18O4. The normalized spacial score (nSPS) is 14.4. The van der Waals surface area contributed by atoms with E-state index >= 15 is 0 Å². The van der Waals surface area contributed by atoms with E-state index in [-0.39, 0.29) is 12.5 Å². The fourth-order valence-electron chi connectivity index (χ4n) is 1.56. The van der Waals surface area contributed by atoms with Gasteiger partial charge in [-0.15, -0.1) is 0 Å². The molecule has 0 aliphatic carbocycles. The number of hydrogen-bond acceptors (Lipinski definition) is 3. The zero-order valence-corrected chi connectivity index (χ0v) is 10.3. The summed E-state index contributed by atoms with van der Waals surface area (Å²) >= 11 is 0. The third-order valence-electron chi connectivity index (χ3n) is 2.34. The fourth-order valence-corrected chi connectivity index (χ4v) is 1.56. The summed E-state index contributed by atoms with van der Waals surface area (Å²) < 4.78 is 5.46. The Morgan fingerprint density at radius 3 is 2.29 bits per heavy atom. The van der Waals surface area contributed by atoms with Crippen molar-refractivity contribution in [3.8, 4) is 5.75 Å². The number of aliphatic carboxylic acids is 1. The van der Waals surface area contributed by atoms with E-state index in [9.17, 15) is 9.90 Å². The number of hydrogen-bond donors (Lipinski definition) is 2. The molecule has 4 heteroatoms. The number of aliphatic hydroxyl groups is 1. The van der Waals surface area contributed by atoms with E-state index in [4.69, 9.17) is 9.84 Å². The van der Waals surface area contributed by atoms with Gasteiger partial charge in [-0.2, -0.15) is 0 Å². The molecule has 0 radical (unpaired) electrons. The van der Waals surface area contributed by atoms with Gasteiger partial charge < -0.3 is 14.9 Å². The first-order valence-corrected chi connectivity index (χ1v) is 5.52. The van der Waals surface area contributed by atoms with Gasteiger partial charge in [0.05, 0.1) is 18.1 Å². The molecule has 2 N–H and O–H groups in total. The molecule has 0 heterocycles. The number of rotatable bonds is 5. The highest BCUT2D eigenvalue weighted by Crippen LogP contribution is 2.26. The van der Waals surface area contributed by atoms with E-state index < -0.39 is 11.6 Å². The highest BCUT2D eigenvalue weighted by Gasteiger charge is 2.26. The quantitative estimate of drug-likeness (QED) is 0.824. The van der Waals surface area contributed by atoms with Gasteiger partial charge in [0.1, 0.15) is 5.75 Å². The van der Waals surface area contributed by atoms with Crippen molar-refractivity contribution in [3.05, 3.63) is 29.8 Å². The Morgan fingerprint density at radius 1 is 1.35 bits per heavy atom. The van der Waals surface area contributed by atoms with Crippen LogP contribution in [0.5, 0.6) is 5.75 Å². The van der Waals surface area contributed by atoms with Crippen molar-refractivity contribution >= 4 is 5.97 Å². The third kappa shape index (κ3) is 4.07. The molecule has 0 aromatic heterocycles. The summed E-state index contributed by atoms with van der Waals surface area (Å²) in [5.74, 6) is -0.326. The molecular weight excluding hydrogens is 220 g/mol. The number of carbonyl (C=O) groups is 1. The van der Waals surface area contributed by atoms with Gasteiger partial charge in [0.15, 0.2) is 0 Å². The highest BCUT2D eigenvalue weighted by atomic mass is 16.5. The van der Waals surface area contributed by atoms with E-state index in [2.05, 4.69) is 0 Å². The lowest BCUT2D eigenvalue weighted by atomic mass is 9.93. The summed E-state index contributed by atoms with van der Waals surface area (Å²) in [5.41, 5.74) is -0.793. The standard InChI is InChI=1S/C13H18O4/c1-9(2)17-11-6-4-10(5-7-11)13(3,16)8-12(14)15/h4-7,9,16H,8H2,1-3H3,(H,14,15). The topological polar surface area (TPSA) is 66.8 Å². The zero-order chi connectivity index (χ0) is 13.1. The Bertz CT molecular complexity index is 379. The summed E-state index contributed by atoms with van der Waals surface area (Å²) in [5, 5.41) is 18.7. The van der Waals surface area contributed by atoms with Crippen LogP contribution in [0.2, 0.25) is 0 Å². The minimum Gasteiger partial charge on any atom is -0.491 e. The molecule has 0 aliphatic heterocycles. The van der Waals surface area contributed by atoms with Gasteiger partial charge in [-0.1, -0.05) is 12.1 Å². The molecule has 1 aromatic carbocycles. The lowest BCUT2D eigenvalue weighted by Gasteiger charge is -2.22. The molecule has 1 rings (SSSR count). The fraction of sp³-hybridized carbons (Fsp3) is 0.462. The molecule has 0 bridgehead atoms. The van der Waals surface area contributed by atoms with Crippen LogP contribution in [0.25, 0.3) is 0 Å². The minimum atomic E-state index is -1.36. The van der Waals surface area contributed by atoms with Crippen molar-refractivity contribution < 1.29 is 19.7 Å². The highest BCUT2D eigenvalue weighted by molar-refractivity contribution is 5.68. The van der Waals surface area contributed by atoms with Gasteiger partial charge in [-0.05, 0) is 38.5 Å². The number of carboxylic acids is 1. The number of ether oxygens (including phenoxy) is 1. The Labute approximate surface area is 101 Å². The van der Waals surface area contributed by atoms with Crippen molar-refractivity contribution in [1.29, 1.82) is 0 Å². The van der Waals surface area contributed by atoms with Crippen molar-refractivity contribution in [2.75, 3.05) is 0 Å². The molecule has 0 aliphatic rings. The summed E-state index contributed by atoms with van der Waals surface area (Å²) in [7, 11) is 0. The van der Waals surface area contributed by atoms with Gasteiger partial charge >= 0.3 is 5.97 Å². The first kappa shape index (κ1) is 13.5. The van der Waals surface area contributed by atoms with Crippen molar-refractivity contribution in [2.45, 2.75) is 38.9 Å². The Kier molecular flexibility index (Phi) is 4.12. The average Bonchev–Trinajstić information content (AvgIpc) is 2.15. The second kappa shape index (κ2) is 5.19. The molecule has 0 saturated heterocycles. The Morgan fingerprint density at radius 2 is 1.88 bits per heavy atom. The van der Waals surface area contributed by atoms with Crippen LogP contribution < -0.4 is 4.74 Å². The van der Waals surface area contributed by atoms with Gasteiger partial charge in [0.25, 0.3) is 0 Å². The monoisotopic (exact) mass is 238 g/mol. The van der Waals surface area contributed by atoms with Crippen LogP contribution in [-0.2, 0) is 10.4 Å². The van der Waals surface area contributed by atoms with Crippen LogP contribution >= 0.6 is 0 Å². The SMILES string of the molecule is CC(C)Oc1ccc(C(C)(O)CC(=O)O)cc1. The molecule has 1 unspecified atom stereocenters. The van der Waals surface area contributed by atoms with E-state index in [0.717, 1.165) is 0 Å². The van der Waals surface area contributed by atoms with Crippen LogP contribution in [0.4, 0.5) is 0 Å². The van der Waals surface area contributed by atoms with Crippen LogP contribution in [0, 0.1) is 0 Å². The average molecular weight is 238 g/mol. The Balaban J connectivity index is 2.82. The lowest BCUT2D eigenvalue weighted by molar-refractivity contribution is -0.142. The number of benzene rings is 1. The molecule has 94 valence electrons.